The Morgan fingerprint density at radius 3 is 2.67 bits per heavy atom. The van der Waals surface area contributed by atoms with Crippen molar-refractivity contribution in [1.82, 2.24) is 9.80 Å². The summed E-state index contributed by atoms with van der Waals surface area (Å²) in [6.45, 7) is 4.84. The molecule has 0 aliphatic carbocycles. The van der Waals surface area contributed by atoms with E-state index in [9.17, 15) is 9.90 Å². The zero-order valence-electron chi connectivity index (χ0n) is 12.0. The molecule has 0 spiro atoms. The lowest BCUT2D eigenvalue weighted by Gasteiger charge is -2.30. The molecule has 5 nitrogen and oxygen atoms in total. The molecule has 1 aliphatic rings. The van der Waals surface area contributed by atoms with Crippen LogP contribution in [-0.4, -0.2) is 73.4 Å². The molecular formula is C15H21ClN2O3. The topological polar surface area (TPSA) is 53.0 Å². The molecule has 0 saturated carbocycles. The zero-order chi connectivity index (χ0) is 15.1. The number of aliphatic hydroxyl groups is 1. The number of morpholine rings is 1. The fraction of sp³-hybridized carbons (Fsp3) is 0.533. The number of amides is 1. The summed E-state index contributed by atoms with van der Waals surface area (Å²) in [7, 11) is 0. The molecule has 1 aromatic carbocycles. The van der Waals surface area contributed by atoms with Gasteiger partial charge in [0, 0.05) is 32.7 Å². The van der Waals surface area contributed by atoms with Crippen molar-refractivity contribution in [1.29, 1.82) is 0 Å². The van der Waals surface area contributed by atoms with E-state index >= 15 is 0 Å². The van der Waals surface area contributed by atoms with Gasteiger partial charge in [0.1, 0.15) is 0 Å². The highest BCUT2D eigenvalue weighted by molar-refractivity contribution is 6.33. The first-order chi connectivity index (χ1) is 10.2. The van der Waals surface area contributed by atoms with Gasteiger partial charge in [-0.15, -0.1) is 0 Å². The monoisotopic (exact) mass is 312 g/mol. The smallest absolute Gasteiger partial charge is 0.255 e. The van der Waals surface area contributed by atoms with Crippen molar-refractivity contribution < 1.29 is 14.6 Å². The molecule has 0 aromatic heterocycles. The predicted octanol–water partition coefficient (Wildman–Crippen LogP) is 1.11. The van der Waals surface area contributed by atoms with Crippen molar-refractivity contribution >= 4 is 17.5 Å². The summed E-state index contributed by atoms with van der Waals surface area (Å²) in [5.74, 6) is -0.136. The number of aliphatic hydroxyl groups excluding tert-OH is 1. The number of hydrogen-bond donors (Lipinski definition) is 1. The Kier molecular flexibility index (Phi) is 6.45. The molecule has 0 atom stereocenters. The Morgan fingerprint density at radius 1 is 1.29 bits per heavy atom. The minimum Gasteiger partial charge on any atom is -0.395 e. The van der Waals surface area contributed by atoms with Gasteiger partial charge in [0.2, 0.25) is 0 Å². The van der Waals surface area contributed by atoms with Crippen LogP contribution in [0, 0.1) is 0 Å². The maximum atomic E-state index is 12.5. The highest BCUT2D eigenvalue weighted by Gasteiger charge is 2.19. The summed E-state index contributed by atoms with van der Waals surface area (Å²) in [5, 5.41) is 9.62. The molecule has 6 heteroatoms. The Morgan fingerprint density at radius 2 is 2.00 bits per heavy atom. The lowest BCUT2D eigenvalue weighted by Crippen LogP contribution is -2.44. The number of hydrogen-bond acceptors (Lipinski definition) is 4. The number of carbonyl (C=O) groups is 1. The Labute approximate surface area is 130 Å². The summed E-state index contributed by atoms with van der Waals surface area (Å²) >= 11 is 6.08. The minimum atomic E-state index is -0.136. The average molecular weight is 313 g/mol. The van der Waals surface area contributed by atoms with Crippen molar-refractivity contribution in [2.24, 2.45) is 0 Å². The van der Waals surface area contributed by atoms with Crippen LogP contribution in [-0.2, 0) is 4.74 Å². The standard InChI is InChI=1S/C15H21ClN2O3/c16-14-4-2-1-3-13(14)15(20)18(7-10-19)6-5-17-8-11-21-12-9-17/h1-4,19H,5-12H2. The molecule has 1 amide bonds. The van der Waals surface area contributed by atoms with Crippen molar-refractivity contribution in [3.05, 3.63) is 34.9 Å². The zero-order valence-corrected chi connectivity index (χ0v) is 12.8. The quantitative estimate of drug-likeness (QED) is 0.855. The van der Waals surface area contributed by atoms with E-state index in [1.165, 1.54) is 0 Å². The van der Waals surface area contributed by atoms with Gasteiger partial charge in [-0.3, -0.25) is 9.69 Å². The van der Waals surface area contributed by atoms with Gasteiger partial charge >= 0.3 is 0 Å². The first kappa shape index (κ1) is 16.2. The van der Waals surface area contributed by atoms with Crippen molar-refractivity contribution in [2.45, 2.75) is 0 Å². The number of rotatable bonds is 6. The second-order valence-electron chi connectivity index (χ2n) is 4.95. The first-order valence-corrected chi connectivity index (χ1v) is 7.55. The van der Waals surface area contributed by atoms with Gasteiger partial charge in [-0.2, -0.15) is 0 Å². The van der Waals surface area contributed by atoms with Gasteiger partial charge in [-0.25, -0.2) is 0 Å². The maximum absolute atomic E-state index is 12.5. The summed E-state index contributed by atoms with van der Waals surface area (Å²) < 4.78 is 5.31. The van der Waals surface area contributed by atoms with Crippen molar-refractivity contribution in [3.63, 3.8) is 0 Å². The lowest BCUT2D eigenvalue weighted by molar-refractivity contribution is 0.0315. The molecule has 1 saturated heterocycles. The molecule has 1 heterocycles. The third kappa shape index (κ3) is 4.68. The summed E-state index contributed by atoms with van der Waals surface area (Å²) in [5.41, 5.74) is 0.481. The van der Waals surface area contributed by atoms with E-state index in [-0.39, 0.29) is 12.5 Å². The van der Waals surface area contributed by atoms with Gasteiger partial charge in [0.15, 0.2) is 0 Å². The molecule has 0 radical (unpaired) electrons. The SMILES string of the molecule is O=C(c1ccccc1Cl)N(CCO)CCN1CCOCC1. The molecule has 1 N–H and O–H groups in total. The van der Waals surface area contributed by atoms with Gasteiger partial charge < -0.3 is 14.7 Å². The van der Waals surface area contributed by atoms with E-state index in [1.807, 2.05) is 0 Å². The van der Waals surface area contributed by atoms with Gasteiger partial charge in [-0.05, 0) is 12.1 Å². The molecule has 1 aromatic rings. The van der Waals surface area contributed by atoms with Crippen LogP contribution in [0.25, 0.3) is 0 Å². The highest BCUT2D eigenvalue weighted by atomic mass is 35.5. The van der Waals surface area contributed by atoms with Crippen LogP contribution < -0.4 is 0 Å². The third-order valence-electron chi connectivity index (χ3n) is 3.55. The summed E-state index contributed by atoms with van der Waals surface area (Å²) in [4.78, 5) is 16.4. The van der Waals surface area contributed by atoms with E-state index in [0.717, 1.165) is 32.8 Å². The van der Waals surface area contributed by atoms with E-state index in [0.29, 0.717) is 23.7 Å². The first-order valence-electron chi connectivity index (χ1n) is 7.17. The molecule has 0 unspecified atom stereocenters. The van der Waals surface area contributed by atoms with Crippen LogP contribution in [0.15, 0.2) is 24.3 Å². The lowest BCUT2D eigenvalue weighted by atomic mass is 10.2. The van der Waals surface area contributed by atoms with Crippen LogP contribution in [0.4, 0.5) is 0 Å². The van der Waals surface area contributed by atoms with Crippen LogP contribution in [0.3, 0.4) is 0 Å². The number of carbonyl (C=O) groups excluding carboxylic acids is 1. The van der Waals surface area contributed by atoms with E-state index < -0.39 is 0 Å². The summed E-state index contributed by atoms with van der Waals surface area (Å²) in [6, 6.07) is 7.00. The predicted molar refractivity (Wildman–Crippen MR) is 81.7 cm³/mol. The third-order valence-corrected chi connectivity index (χ3v) is 3.88. The second-order valence-corrected chi connectivity index (χ2v) is 5.36. The molecule has 1 aliphatic heterocycles. The number of nitrogens with zero attached hydrogens (tertiary/aromatic N) is 2. The fourth-order valence-electron chi connectivity index (χ4n) is 2.33. The normalized spacial score (nSPS) is 15.9. The van der Waals surface area contributed by atoms with Crippen LogP contribution in [0.5, 0.6) is 0 Å². The molecule has 21 heavy (non-hydrogen) atoms. The minimum absolute atomic E-state index is 0.0562. The second kappa shape index (κ2) is 8.34. The largest absolute Gasteiger partial charge is 0.395 e. The van der Waals surface area contributed by atoms with E-state index in [1.54, 1.807) is 29.2 Å². The number of ether oxygens (including phenoxy) is 1. The average Bonchev–Trinajstić information content (AvgIpc) is 2.52. The van der Waals surface area contributed by atoms with E-state index in [2.05, 4.69) is 4.90 Å². The molecule has 2 rings (SSSR count). The van der Waals surface area contributed by atoms with Gasteiger partial charge in [-0.1, -0.05) is 23.7 Å². The highest BCUT2D eigenvalue weighted by Crippen LogP contribution is 2.17. The summed E-state index contributed by atoms with van der Waals surface area (Å²) in [6.07, 6.45) is 0. The number of benzene rings is 1. The molecule has 116 valence electrons. The van der Waals surface area contributed by atoms with Crippen LogP contribution >= 0.6 is 11.6 Å². The Hall–Kier alpha value is -1.14. The van der Waals surface area contributed by atoms with Crippen LogP contribution in [0.1, 0.15) is 10.4 Å². The maximum Gasteiger partial charge on any atom is 0.255 e. The molecule has 1 fully saturated rings. The van der Waals surface area contributed by atoms with Gasteiger partial charge in [0.05, 0.1) is 30.4 Å². The van der Waals surface area contributed by atoms with Crippen molar-refractivity contribution in [2.75, 3.05) is 52.5 Å². The molecule has 0 bridgehead atoms. The Balaban J connectivity index is 1.97. The fourth-order valence-corrected chi connectivity index (χ4v) is 2.54. The molecular weight excluding hydrogens is 292 g/mol. The van der Waals surface area contributed by atoms with E-state index in [4.69, 9.17) is 16.3 Å². The van der Waals surface area contributed by atoms with Crippen LogP contribution in [0.2, 0.25) is 5.02 Å². The van der Waals surface area contributed by atoms with Crippen molar-refractivity contribution in [3.8, 4) is 0 Å². The van der Waals surface area contributed by atoms with Gasteiger partial charge in [0.25, 0.3) is 5.91 Å². The Bertz CT molecular complexity index is 464. The number of halogens is 1.